The van der Waals surface area contributed by atoms with E-state index >= 15 is 0 Å². The zero-order chi connectivity index (χ0) is 14.5. The fourth-order valence-corrected chi connectivity index (χ4v) is 2.39. The summed E-state index contributed by atoms with van der Waals surface area (Å²) in [5.74, 6) is 0.866. The summed E-state index contributed by atoms with van der Waals surface area (Å²) in [7, 11) is 1.67. The van der Waals surface area contributed by atoms with E-state index in [1.54, 1.807) is 7.11 Å². The van der Waals surface area contributed by atoms with Gasteiger partial charge in [0.05, 0.1) is 38.8 Å². The molecule has 1 aromatic heterocycles. The van der Waals surface area contributed by atoms with Crippen LogP contribution in [0.2, 0.25) is 0 Å². The lowest BCUT2D eigenvalue weighted by Gasteiger charge is -2.25. The molecule has 0 amide bonds. The molecule has 2 aromatic rings. The highest BCUT2D eigenvalue weighted by atomic mass is 16.5. The van der Waals surface area contributed by atoms with Crippen LogP contribution in [0.4, 0.5) is 0 Å². The van der Waals surface area contributed by atoms with Crippen molar-refractivity contribution in [2.75, 3.05) is 33.4 Å². The number of aromatic nitrogens is 3. The van der Waals surface area contributed by atoms with Gasteiger partial charge >= 0.3 is 0 Å². The lowest BCUT2D eigenvalue weighted by Crippen LogP contribution is -2.35. The summed E-state index contributed by atoms with van der Waals surface area (Å²) in [6.45, 7) is 5.10. The third-order valence-corrected chi connectivity index (χ3v) is 3.58. The highest BCUT2D eigenvalue weighted by molar-refractivity contribution is 5.27. The summed E-state index contributed by atoms with van der Waals surface area (Å²) in [6.07, 6.45) is 2.01. The van der Waals surface area contributed by atoms with E-state index in [4.69, 9.17) is 9.47 Å². The number of methoxy groups -OCH3 is 1. The molecule has 6 heteroatoms. The second kappa shape index (κ2) is 6.69. The average molecular weight is 288 g/mol. The maximum Gasteiger partial charge on any atom is 0.118 e. The van der Waals surface area contributed by atoms with Gasteiger partial charge in [0.2, 0.25) is 0 Å². The van der Waals surface area contributed by atoms with E-state index in [9.17, 15) is 0 Å². The number of rotatable bonds is 5. The first-order valence-electron chi connectivity index (χ1n) is 7.15. The molecule has 2 heterocycles. The van der Waals surface area contributed by atoms with E-state index < -0.39 is 0 Å². The molecule has 1 saturated heterocycles. The van der Waals surface area contributed by atoms with E-state index in [0.717, 1.165) is 50.8 Å². The molecule has 1 aliphatic heterocycles. The Morgan fingerprint density at radius 1 is 1.14 bits per heavy atom. The maximum atomic E-state index is 5.35. The first kappa shape index (κ1) is 14.0. The van der Waals surface area contributed by atoms with Crippen LogP contribution in [0.25, 0.3) is 0 Å². The average Bonchev–Trinajstić information content (AvgIpc) is 2.96. The predicted molar refractivity (Wildman–Crippen MR) is 78.2 cm³/mol. The van der Waals surface area contributed by atoms with Gasteiger partial charge in [-0.05, 0) is 17.7 Å². The quantitative estimate of drug-likeness (QED) is 0.826. The molecule has 1 aliphatic rings. The summed E-state index contributed by atoms with van der Waals surface area (Å²) in [5.41, 5.74) is 2.18. The van der Waals surface area contributed by atoms with Crippen LogP contribution in [0.1, 0.15) is 11.3 Å². The molecule has 3 rings (SSSR count). The molecule has 112 valence electrons. The number of hydrogen-bond donors (Lipinski definition) is 0. The number of ether oxygens (including phenoxy) is 2. The highest BCUT2D eigenvalue weighted by Gasteiger charge is 2.12. The Hall–Kier alpha value is -1.92. The fourth-order valence-electron chi connectivity index (χ4n) is 2.39. The Labute approximate surface area is 124 Å². The maximum absolute atomic E-state index is 5.35. The third-order valence-electron chi connectivity index (χ3n) is 3.58. The van der Waals surface area contributed by atoms with Crippen molar-refractivity contribution in [1.82, 2.24) is 19.9 Å². The molecule has 1 aromatic carbocycles. The molecule has 0 unspecified atom stereocenters. The van der Waals surface area contributed by atoms with Gasteiger partial charge in [0.15, 0.2) is 0 Å². The molecule has 0 atom stereocenters. The van der Waals surface area contributed by atoms with Crippen molar-refractivity contribution in [2.24, 2.45) is 0 Å². The zero-order valence-electron chi connectivity index (χ0n) is 12.2. The molecule has 0 N–H and O–H groups in total. The van der Waals surface area contributed by atoms with E-state index in [0.29, 0.717) is 0 Å². The molecule has 6 nitrogen and oxygen atoms in total. The minimum Gasteiger partial charge on any atom is -0.497 e. The molecule has 0 spiro atoms. The summed E-state index contributed by atoms with van der Waals surface area (Å²) in [5, 5.41) is 8.44. The molecular weight excluding hydrogens is 268 g/mol. The predicted octanol–water partition coefficient (Wildman–Crippen LogP) is 1.17. The smallest absolute Gasteiger partial charge is 0.118 e. The molecule has 0 radical (unpaired) electrons. The standard InChI is InChI=1S/C15H20N4O2/c1-20-15-4-2-13(3-5-15)10-19-12-14(16-17-19)11-18-6-8-21-9-7-18/h2-5,12H,6-11H2,1H3. The zero-order valence-corrected chi connectivity index (χ0v) is 12.2. The Kier molecular flexibility index (Phi) is 4.47. The van der Waals surface area contributed by atoms with Gasteiger partial charge in [-0.3, -0.25) is 4.90 Å². The van der Waals surface area contributed by atoms with E-state index in [1.807, 2.05) is 35.1 Å². The van der Waals surface area contributed by atoms with Gasteiger partial charge in [-0.1, -0.05) is 17.3 Å². The van der Waals surface area contributed by atoms with Gasteiger partial charge < -0.3 is 9.47 Å². The van der Waals surface area contributed by atoms with Crippen LogP contribution in [0, 0.1) is 0 Å². The first-order valence-corrected chi connectivity index (χ1v) is 7.15. The largest absolute Gasteiger partial charge is 0.497 e. The summed E-state index contributed by atoms with van der Waals surface area (Å²) in [6, 6.07) is 8.01. The van der Waals surface area contributed by atoms with Crippen molar-refractivity contribution in [3.8, 4) is 5.75 Å². The second-order valence-corrected chi connectivity index (χ2v) is 5.14. The van der Waals surface area contributed by atoms with Gasteiger partial charge in [0.25, 0.3) is 0 Å². The number of nitrogens with zero attached hydrogens (tertiary/aromatic N) is 4. The minimum atomic E-state index is 0.722. The van der Waals surface area contributed by atoms with Gasteiger partial charge in [-0.25, -0.2) is 4.68 Å². The minimum absolute atomic E-state index is 0.722. The molecular formula is C15H20N4O2. The van der Waals surface area contributed by atoms with Crippen LogP contribution in [0.15, 0.2) is 30.5 Å². The van der Waals surface area contributed by atoms with Crippen LogP contribution in [0.5, 0.6) is 5.75 Å². The van der Waals surface area contributed by atoms with Crippen LogP contribution in [-0.2, 0) is 17.8 Å². The van der Waals surface area contributed by atoms with Gasteiger partial charge in [-0.15, -0.1) is 5.10 Å². The summed E-state index contributed by atoms with van der Waals surface area (Å²) < 4.78 is 12.4. The third kappa shape index (κ3) is 3.80. The van der Waals surface area contributed by atoms with E-state index in [-0.39, 0.29) is 0 Å². The Bertz CT molecular complexity index is 561. The van der Waals surface area contributed by atoms with Crippen molar-refractivity contribution in [3.63, 3.8) is 0 Å². The lowest BCUT2D eigenvalue weighted by molar-refractivity contribution is 0.0336. The van der Waals surface area contributed by atoms with Crippen molar-refractivity contribution in [3.05, 3.63) is 41.7 Å². The second-order valence-electron chi connectivity index (χ2n) is 5.14. The number of benzene rings is 1. The Balaban J connectivity index is 1.58. The van der Waals surface area contributed by atoms with Gasteiger partial charge in [0, 0.05) is 19.6 Å². The molecule has 1 fully saturated rings. The van der Waals surface area contributed by atoms with Crippen LogP contribution in [0.3, 0.4) is 0 Å². The molecule has 0 saturated carbocycles. The highest BCUT2D eigenvalue weighted by Crippen LogP contribution is 2.12. The number of morpholine rings is 1. The molecule has 0 aliphatic carbocycles. The topological polar surface area (TPSA) is 52.4 Å². The number of hydrogen-bond acceptors (Lipinski definition) is 5. The van der Waals surface area contributed by atoms with E-state index in [1.165, 1.54) is 5.56 Å². The lowest BCUT2D eigenvalue weighted by atomic mass is 10.2. The normalized spacial score (nSPS) is 16.0. The Morgan fingerprint density at radius 3 is 2.62 bits per heavy atom. The van der Waals surface area contributed by atoms with Gasteiger partial charge in [-0.2, -0.15) is 0 Å². The van der Waals surface area contributed by atoms with Crippen molar-refractivity contribution >= 4 is 0 Å². The van der Waals surface area contributed by atoms with Crippen LogP contribution in [-0.4, -0.2) is 53.3 Å². The van der Waals surface area contributed by atoms with Crippen LogP contribution >= 0.6 is 0 Å². The van der Waals surface area contributed by atoms with Crippen molar-refractivity contribution in [2.45, 2.75) is 13.1 Å². The molecule has 21 heavy (non-hydrogen) atoms. The first-order chi connectivity index (χ1) is 10.3. The monoisotopic (exact) mass is 288 g/mol. The van der Waals surface area contributed by atoms with Crippen molar-refractivity contribution < 1.29 is 9.47 Å². The van der Waals surface area contributed by atoms with Crippen LogP contribution < -0.4 is 4.74 Å². The summed E-state index contributed by atoms with van der Waals surface area (Å²) >= 11 is 0. The summed E-state index contributed by atoms with van der Waals surface area (Å²) in [4.78, 5) is 2.34. The fraction of sp³-hybridized carbons (Fsp3) is 0.467. The molecule has 0 bridgehead atoms. The van der Waals surface area contributed by atoms with E-state index in [2.05, 4.69) is 15.2 Å². The Morgan fingerprint density at radius 2 is 1.90 bits per heavy atom. The van der Waals surface area contributed by atoms with Crippen molar-refractivity contribution in [1.29, 1.82) is 0 Å². The van der Waals surface area contributed by atoms with Gasteiger partial charge in [0.1, 0.15) is 5.75 Å². The SMILES string of the molecule is COc1ccc(Cn2cc(CN3CCOCC3)nn2)cc1.